The van der Waals surface area contributed by atoms with Crippen molar-refractivity contribution < 1.29 is 9.84 Å². The molecule has 2 rings (SSSR count). The van der Waals surface area contributed by atoms with Crippen molar-refractivity contribution >= 4 is 0 Å². The molecule has 0 spiro atoms. The van der Waals surface area contributed by atoms with Crippen LogP contribution in [-0.4, -0.2) is 49.0 Å². The Morgan fingerprint density at radius 3 is 2.57 bits per heavy atom. The molecule has 0 amide bonds. The predicted octanol–water partition coefficient (Wildman–Crippen LogP) is 0.868. The molecule has 2 fully saturated rings. The lowest BCUT2D eigenvalue weighted by molar-refractivity contribution is 0.0882. The zero-order valence-corrected chi connectivity index (χ0v) is 8.98. The largest absolute Gasteiger partial charge is 0.389 e. The Labute approximate surface area is 86.0 Å². The van der Waals surface area contributed by atoms with Gasteiger partial charge in [0.2, 0.25) is 0 Å². The normalized spacial score (nSPS) is 34.5. The maximum absolute atomic E-state index is 9.67. The van der Waals surface area contributed by atoms with Crippen LogP contribution in [0.25, 0.3) is 0 Å². The lowest BCUT2D eigenvalue weighted by Gasteiger charge is -2.27. The number of hydrogen-bond acceptors (Lipinski definition) is 3. The van der Waals surface area contributed by atoms with Gasteiger partial charge in [0.05, 0.1) is 25.4 Å². The quantitative estimate of drug-likeness (QED) is 0.732. The SMILES string of the molecule is CN(CC1CCCC1)C1COCC1O. The molecule has 3 nitrogen and oxygen atoms in total. The molecule has 2 aliphatic rings. The third-order valence-corrected chi connectivity index (χ3v) is 3.61. The molecule has 3 heteroatoms. The molecule has 1 aliphatic carbocycles. The number of ether oxygens (including phenoxy) is 1. The predicted molar refractivity (Wildman–Crippen MR) is 55.2 cm³/mol. The fraction of sp³-hybridized carbons (Fsp3) is 1.00. The number of aliphatic hydroxyl groups excluding tert-OH is 1. The molecular weight excluding hydrogens is 178 g/mol. The van der Waals surface area contributed by atoms with Gasteiger partial charge in [0.25, 0.3) is 0 Å². The van der Waals surface area contributed by atoms with E-state index in [9.17, 15) is 5.11 Å². The molecule has 0 aromatic rings. The van der Waals surface area contributed by atoms with Crippen molar-refractivity contribution in [1.29, 1.82) is 0 Å². The van der Waals surface area contributed by atoms with E-state index in [0.29, 0.717) is 13.2 Å². The highest BCUT2D eigenvalue weighted by Gasteiger charge is 2.31. The van der Waals surface area contributed by atoms with Crippen molar-refractivity contribution in [1.82, 2.24) is 4.90 Å². The van der Waals surface area contributed by atoms with E-state index >= 15 is 0 Å². The average Bonchev–Trinajstić information content (AvgIpc) is 2.75. The fourth-order valence-electron chi connectivity index (χ4n) is 2.69. The van der Waals surface area contributed by atoms with Gasteiger partial charge in [0.15, 0.2) is 0 Å². The molecule has 1 saturated carbocycles. The van der Waals surface area contributed by atoms with Gasteiger partial charge in [0, 0.05) is 6.54 Å². The van der Waals surface area contributed by atoms with Gasteiger partial charge in [-0.25, -0.2) is 0 Å². The summed E-state index contributed by atoms with van der Waals surface area (Å²) < 4.78 is 5.26. The van der Waals surface area contributed by atoms with Gasteiger partial charge in [-0.05, 0) is 25.8 Å². The summed E-state index contributed by atoms with van der Waals surface area (Å²) in [5, 5.41) is 9.67. The second kappa shape index (κ2) is 4.60. The lowest BCUT2D eigenvalue weighted by atomic mass is 10.1. The molecule has 0 aromatic carbocycles. The third-order valence-electron chi connectivity index (χ3n) is 3.61. The Hall–Kier alpha value is -0.120. The Morgan fingerprint density at radius 2 is 2.00 bits per heavy atom. The minimum atomic E-state index is -0.276. The molecule has 1 saturated heterocycles. The van der Waals surface area contributed by atoms with Crippen molar-refractivity contribution in [2.24, 2.45) is 5.92 Å². The summed E-state index contributed by atoms with van der Waals surface area (Å²) >= 11 is 0. The first-order valence-electron chi connectivity index (χ1n) is 5.73. The van der Waals surface area contributed by atoms with Crippen LogP contribution in [0.15, 0.2) is 0 Å². The van der Waals surface area contributed by atoms with Crippen LogP contribution < -0.4 is 0 Å². The Bertz CT molecular complexity index is 180. The van der Waals surface area contributed by atoms with E-state index in [1.165, 1.54) is 25.7 Å². The number of rotatable bonds is 3. The Morgan fingerprint density at radius 1 is 1.29 bits per heavy atom. The van der Waals surface area contributed by atoms with Crippen LogP contribution in [0.3, 0.4) is 0 Å². The second-order valence-corrected chi connectivity index (χ2v) is 4.76. The zero-order valence-electron chi connectivity index (χ0n) is 8.98. The van der Waals surface area contributed by atoms with Crippen LogP contribution in [0.2, 0.25) is 0 Å². The smallest absolute Gasteiger partial charge is 0.0950 e. The highest BCUT2D eigenvalue weighted by Crippen LogP contribution is 2.26. The van der Waals surface area contributed by atoms with Crippen LogP contribution in [0.1, 0.15) is 25.7 Å². The number of likely N-dealkylation sites (N-methyl/N-ethyl adjacent to an activating group) is 1. The summed E-state index contributed by atoms with van der Waals surface area (Å²) in [6, 6.07) is 0.232. The van der Waals surface area contributed by atoms with E-state index in [2.05, 4.69) is 11.9 Å². The zero-order chi connectivity index (χ0) is 9.97. The van der Waals surface area contributed by atoms with E-state index in [-0.39, 0.29) is 12.1 Å². The van der Waals surface area contributed by atoms with Gasteiger partial charge in [0.1, 0.15) is 0 Å². The first kappa shape index (κ1) is 10.4. The average molecular weight is 199 g/mol. The molecule has 1 aliphatic heterocycles. The summed E-state index contributed by atoms with van der Waals surface area (Å²) in [6.07, 6.45) is 5.24. The number of nitrogens with zero attached hydrogens (tertiary/aromatic N) is 1. The van der Waals surface area contributed by atoms with Crippen molar-refractivity contribution in [2.45, 2.75) is 37.8 Å². The molecular formula is C11H21NO2. The maximum atomic E-state index is 9.67. The lowest BCUT2D eigenvalue weighted by Crippen LogP contribution is -2.42. The minimum absolute atomic E-state index is 0.232. The van der Waals surface area contributed by atoms with Crippen molar-refractivity contribution in [3.05, 3.63) is 0 Å². The van der Waals surface area contributed by atoms with Crippen LogP contribution >= 0.6 is 0 Å². The molecule has 2 atom stereocenters. The highest BCUT2D eigenvalue weighted by molar-refractivity contribution is 4.83. The molecule has 14 heavy (non-hydrogen) atoms. The summed E-state index contributed by atoms with van der Waals surface area (Å²) in [6.45, 7) is 2.34. The first-order chi connectivity index (χ1) is 6.77. The van der Waals surface area contributed by atoms with Crippen LogP contribution in [0.4, 0.5) is 0 Å². The van der Waals surface area contributed by atoms with E-state index in [1.54, 1.807) is 0 Å². The van der Waals surface area contributed by atoms with Crippen LogP contribution in [0.5, 0.6) is 0 Å². The second-order valence-electron chi connectivity index (χ2n) is 4.76. The third kappa shape index (κ3) is 2.27. The summed E-state index contributed by atoms with van der Waals surface area (Å²) in [5.41, 5.74) is 0. The standard InChI is InChI=1S/C11H21NO2/c1-12(6-9-4-2-3-5-9)10-7-14-8-11(10)13/h9-11,13H,2-8H2,1H3. The monoisotopic (exact) mass is 199 g/mol. The van der Waals surface area contributed by atoms with Gasteiger partial charge >= 0.3 is 0 Å². The van der Waals surface area contributed by atoms with Gasteiger partial charge in [-0.3, -0.25) is 4.90 Å². The van der Waals surface area contributed by atoms with Crippen LogP contribution in [-0.2, 0) is 4.74 Å². The summed E-state index contributed by atoms with van der Waals surface area (Å²) in [4.78, 5) is 2.29. The number of aliphatic hydroxyl groups is 1. The van der Waals surface area contributed by atoms with Gasteiger partial charge < -0.3 is 9.84 Å². The molecule has 82 valence electrons. The van der Waals surface area contributed by atoms with Gasteiger partial charge in [-0.2, -0.15) is 0 Å². The minimum Gasteiger partial charge on any atom is -0.389 e. The van der Waals surface area contributed by atoms with Gasteiger partial charge in [-0.1, -0.05) is 12.8 Å². The Balaban J connectivity index is 1.78. The van der Waals surface area contributed by atoms with Crippen LogP contribution in [0, 0.1) is 5.92 Å². The topological polar surface area (TPSA) is 32.7 Å². The first-order valence-corrected chi connectivity index (χ1v) is 5.73. The maximum Gasteiger partial charge on any atom is 0.0950 e. The molecule has 0 radical (unpaired) electrons. The molecule has 2 unspecified atom stereocenters. The van der Waals surface area contributed by atoms with Crippen molar-refractivity contribution in [3.63, 3.8) is 0 Å². The van der Waals surface area contributed by atoms with E-state index in [0.717, 1.165) is 12.5 Å². The molecule has 0 bridgehead atoms. The molecule has 1 N–H and O–H groups in total. The molecule has 1 heterocycles. The Kier molecular flexibility index (Phi) is 3.42. The van der Waals surface area contributed by atoms with E-state index in [4.69, 9.17) is 4.74 Å². The summed E-state index contributed by atoms with van der Waals surface area (Å²) in [7, 11) is 2.11. The summed E-state index contributed by atoms with van der Waals surface area (Å²) in [5.74, 6) is 0.854. The number of hydrogen-bond donors (Lipinski definition) is 1. The fourth-order valence-corrected chi connectivity index (χ4v) is 2.69. The van der Waals surface area contributed by atoms with E-state index in [1.807, 2.05) is 0 Å². The molecule has 0 aromatic heterocycles. The van der Waals surface area contributed by atoms with Crippen molar-refractivity contribution in [3.8, 4) is 0 Å². The highest BCUT2D eigenvalue weighted by atomic mass is 16.5. The van der Waals surface area contributed by atoms with Gasteiger partial charge in [-0.15, -0.1) is 0 Å². The van der Waals surface area contributed by atoms with Crippen molar-refractivity contribution in [2.75, 3.05) is 26.8 Å². The van der Waals surface area contributed by atoms with E-state index < -0.39 is 0 Å².